The molecule has 0 saturated carbocycles. The Morgan fingerprint density at radius 2 is 1.74 bits per heavy atom. The molecule has 0 aliphatic carbocycles. The van der Waals surface area contributed by atoms with E-state index in [1.165, 1.54) is 10.4 Å². The van der Waals surface area contributed by atoms with Gasteiger partial charge in [-0.1, -0.05) is 18.2 Å². The number of amides is 2. The van der Waals surface area contributed by atoms with Crippen molar-refractivity contribution in [2.45, 2.75) is 44.3 Å². The zero-order chi connectivity index (χ0) is 33.1. The summed E-state index contributed by atoms with van der Waals surface area (Å²) in [5.41, 5.74) is -0.0717. The maximum atomic E-state index is 13.8. The van der Waals surface area contributed by atoms with Crippen LogP contribution in [-0.2, 0) is 32.2 Å². The molecular formula is C32H37F3N4O6S. The van der Waals surface area contributed by atoms with Crippen LogP contribution in [0.4, 0.5) is 13.2 Å². The van der Waals surface area contributed by atoms with Crippen LogP contribution in [-0.4, -0.2) is 93.1 Å². The Morgan fingerprint density at radius 3 is 2.46 bits per heavy atom. The molecule has 46 heavy (non-hydrogen) atoms. The highest BCUT2D eigenvalue weighted by Gasteiger charge is 2.47. The summed E-state index contributed by atoms with van der Waals surface area (Å²) in [4.78, 5) is 32.2. The van der Waals surface area contributed by atoms with Gasteiger partial charge in [0.15, 0.2) is 0 Å². The molecule has 1 saturated heterocycles. The van der Waals surface area contributed by atoms with Gasteiger partial charge < -0.3 is 19.7 Å². The lowest BCUT2D eigenvalue weighted by atomic mass is 9.89. The number of carbonyl (C=O) groups excluding carboxylic acids is 2. The molecule has 2 aromatic carbocycles. The van der Waals surface area contributed by atoms with E-state index in [2.05, 4.69) is 10.3 Å². The summed E-state index contributed by atoms with van der Waals surface area (Å²) in [6.45, 7) is 2.95. The summed E-state index contributed by atoms with van der Waals surface area (Å²) in [6, 6.07) is 8.44. The molecule has 10 nitrogen and oxygen atoms in total. The molecule has 5 aliphatic rings. The van der Waals surface area contributed by atoms with Gasteiger partial charge in [0.05, 0.1) is 31.1 Å². The van der Waals surface area contributed by atoms with Crippen LogP contribution in [0, 0.1) is 6.92 Å². The van der Waals surface area contributed by atoms with Crippen molar-refractivity contribution >= 4 is 27.7 Å². The number of nitrogens with zero attached hydrogens (tertiary/aromatic N) is 3. The van der Waals surface area contributed by atoms with Crippen molar-refractivity contribution in [1.82, 2.24) is 14.5 Å². The molecule has 0 aromatic heterocycles. The van der Waals surface area contributed by atoms with E-state index in [0.29, 0.717) is 25.1 Å². The Hall–Kier alpha value is -3.75. The predicted octanol–water partition coefficient (Wildman–Crippen LogP) is 3.72. The average Bonchev–Trinajstić information content (AvgIpc) is 3.33. The number of alkyl halides is 3. The number of aryl methyl sites for hydroxylation is 2. The van der Waals surface area contributed by atoms with Crippen molar-refractivity contribution in [2.24, 2.45) is 4.99 Å². The van der Waals surface area contributed by atoms with E-state index in [9.17, 15) is 31.2 Å². The van der Waals surface area contributed by atoms with Crippen molar-refractivity contribution in [3.05, 3.63) is 76.4 Å². The van der Waals surface area contributed by atoms with Gasteiger partial charge in [-0.3, -0.25) is 14.6 Å². The average molecular weight is 663 g/mol. The first-order valence-electron chi connectivity index (χ1n) is 15.1. The molecule has 5 heterocycles. The number of likely N-dealkylation sites (N-methyl/N-ethyl adjacent to an activating group) is 1. The smallest absolute Gasteiger partial charge is 0.416 e. The summed E-state index contributed by atoms with van der Waals surface area (Å²) in [6.07, 6.45) is -0.284. The molecule has 1 N–H and O–H groups in total. The molecular weight excluding hydrogens is 625 g/mol. The van der Waals surface area contributed by atoms with E-state index in [0.717, 1.165) is 23.3 Å². The number of amidine groups is 1. The fourth-order valence-electron chi connectivity index (χ4n) is 5.69. The minimum absolute atomic E-state index is 0.00490. The number of ether oxygens (including phenoxy) is 2. The van der Waals surface area contributed by atoms with Crippen LogP contribution in [0.2, 0.25) is 0 Å². The van der Waals surface area contributed by atoms with Crippen molar-refractivity contribution < 1.29 is 40.7 Å². The third kappa shape index (κ3) is 7.61. The maximum absolute atomic E-state index is 13.8. The van der Waals surface area contributed by atoms with Crippen LogP contribution in [0.1, 0.15) is 51.9 Å². The van der Waals surface area contributed by atoms with Crippen LogP contribution in [0.15, 0.2) is 53.5 Å². The van der Waals surface area contributed by atoms with Crippen LogP contribution >= 0.6 is 0 Å². The van der Waals surface area contributed by atoms with Crippen LogP contribution in [0.25, 0.3) is 0 Å². The maximum Gasteiger partial charge on any atom is 0.416 e. The fourth-order valence-corrected chi connectivity index (χ4v) is 7.17. The quantitative estimate of drug-likeness (QED) is 0.430. The second-order valence-electron chi connectivity index (χ2n) is 11.7. The zero-order valence-electron chi connectivity index (χ0n) is 25.7. The minimum Gasteiger partial charge on any atom is -0.493 e. The SMILES string of the molecule is Cc1cc2ccc1CCS(=O)(=O)N1CCC3(CC1)N=C(NC3=O)c1cc(cc(C(F)(F)F)c1)OCCC=CCOCCN(C)C2=O. The first kappa shape index (κ1) is 33.6. The van der Waals surface area contributed by atoms with Gasteiger partial charge >= 0.3 is 6.18 Å². The molecule has 5 aliphatic heterocycles. The van der Waals surface area contributed by atoms with Gasteiger partial charge in [-0.05, 0) is 74.1 Å². The summed E-state index contributed by atoms with van der Waals surface area (Å²) in [7, 11) is -2.02. The number of piperidine rings is 1. The van der Waals surface area contributed by atoms with E-state index in [1.54, 1.807) is 42.3 Å². The van der Waals surface area contributed by atoms with Gasteiger partial charge in [0.2, 0.25) is 10.0 Å². The molecule has 1 spiro atoms. The number of halogens is 3. The topological polar surface area (TPSA) is 118 Å². The van der Waals surface area contributed by atoms with Crippen molar-refractivity contribution in [1.29, 1.82) is 0 Å². The van der Waals surface area contributed by atoms with Crippen molar-refractivity contribution in [2.75, 3.05) is 52.3 Å². The second kappa shape index (κ2) is 13.5. The fraction of sp³-hybridized carbons (Fsp3) is 0.469. The second-order valence-corrected chi connectivity index (χ2v) is 13.8. The molecule has 7 bridgehead atoms. The predicted molar refractivity (Wildman–Crippen MR) is 165 cm³/mol. The summed E-state index contributed by atoms with van der Waals surface area (Å²) in [5, 5.41) is 2.63. The number of hydrogen-bond acceptors (Lipinski definition) is 7. The van der Waals surface area contributed by atoms with Gasteiger partial charge in [-0.15, -0.1) is 0 Å². The number of benzene rings is 2. The highest BCUT2D eigenvalue weighted by atomic mass is 32.2. The molecule has 248 valence electrons. The summed E-state index contributed by atoms with van der Waals surface area (Å²) < 4.78 is 80.5. The summed E-state index contributed by atoms with van der Waals surface area (Å²) >= 11 is 0. The third-order valence-electron chi connectivity index (χ3n) is 8.50. The first-order valence-corrected chi connectivity index (χ1v) is 16.7. The minimum atomic E-state index is -4.66. The number of carbonyl (C=O) groups is 2. The van der Waals surface area contributed by atoms with Crippen molar-refractivity contribution in [3.8, 4) is 5.75 Å². The molecule has 0 atom stereocenters. The Bertz CT molecular complexity index is 1650. The molecule has 0 unspecified atom stereocenters. The van der Waals surface area contributed by atoms with Gasteiger partial charge in [-0.25, -0.2) is 12.7 Å². The number of nitrogens with one attached hydrogen (secondary N) is 1. The van der Waals surface area contributed by atoms with Gasteiger partial charge in [0.25, 0.3) is 11.8 Å². The lowest BCUT2D eigenvalue weighted by Gasteiger charge is -2.34. The standard InChI is InChI=1S/C32H37F3N4O6S/c1-22-18-24-7-6-23(22)8-17-46(42,43)39-11-9-31(10-12-39)30(41)36-28(37-31)25-19-26(32(33,34)35)21-27(20-25)45-15-5-3-4-14-44-16-13-38(2)29(24)40/h3-4,6-7,18-21H,5,8-17H2,1-2H3,(H,36,37,41). The summed E-state index contributed by atoms with van der Waals surface area (Å²) in [5.74, 6) is -0.849. The van der Waals surface area contributed by atoms with E-state index in [-0.39, 0.29) is 74.4 Å². The van der Waals surface area contributed by atoms with Gasteiger partial charge in [-0.2, -0.15) is 13.2 Å². The first-order chi connectivity index (χ1) is 21.8. The van der Waals surface area contributed by atoms with E-state index in [4.69, 9.17) is 9.47 Å². The molecule has 2 aromatic rings. The Morgan fingerprint density at radius 1 is 0.978 bits per heavy atom. The van der Waals surface area contributed by atoms with E-state index >= 15 is 0 Å². The van der Waals surface area contributed by atoms with E-state index < -0.39 is 33.2 Å². The molecule has 7 rings (SSSR count). The number of hydrogen-bond donors (Lipinski definition) is 1. The molecule has 14 heteroatoms. The van der Waals surface area contributed by atoms with Crippen LogP contribution < -0.4 is 10.1 Å². The third-order valence-corrected chi connectivity index (χ3v) is 10.4. The number of aliphatic imine (C=N–C) groups is 1. The lowest BCUT2D eigenvalue weighted by Crippen LogP contribution is -2.50. The van der Waals surface area contributed by atoms with Crippen molar-refractivity contribution in [3.63, 3.8) is 0 Å². The monoisotopic (exact) mass is 662 g/mol. The largest absolute Gasteiger partial charge is 0.493 e. The lowest BCUT2D eigenvalue weighted by molar-refractivity contribution is -0.137. The highest BCUT2D eigenvalue weighted by molar-refractivity contribution is 7.89. The highest BCUT2D eigenvalue weighted by Crippen LogP contribution is 2.36. The molecule has 2 amide bonds. The number of rotatable bonds is 0. The van der Waals surface area contributed by atoms with Gasteiger partial charge in [0, 0.05) is 37.8 Å². The Balaban J connectivity index is 1.40. The normalized spacial score (nSPS) is 24.7. The van der Waals surface area contributed by atoms with Crippen LogP contribution in [0.3, 0.4) is 0 Å². The molecule has 0 radical (unpaired) electrons. The van der Waals surface area contributed by atoms with Gasteiger partial charge in [0.1, 0.15) is 17.1 Å². The Kier molecular flexibility index (Phi) is 9.89. The number of sulfonamides is 1. The Labute approximate surface area is 266 Å². The zero-order valence-corrected chi connectivity index (χ0v) is 26.5. The molecule has 1 fully saturated rings. The van der Waals surface area contributed by atoms with Crippen LogP contribution in [0.5, 0.6) is 5.75 Å². The number of fused-ring (bicyclic) bond motifs is 2. The van der Waals surface area contributed by atoms with E-state index in [1.807, 2.05) is 6.92 Å².